The molecule has 2 heterocycles. The highest BCUT2D eigenvalue weighted by Crippen LogP contribution is 2.29. The lowest BCUT2D eigenvalue weighted by Gasteiger charge is -2.10. The summed E-state index contributed by atoms with van der Waals surface area (Å²) in [5.74, 6) is 0.750. The largest absolute Gasteiger partial charge is 0.493 e. The third-order valence-electron chi connectivity index (χ3n) is 4.18. The van der Waals surface area contributed by atoms with Gasteiger partial charge in [-0.15, -0.1) is 11.3 Å². The van der Waals surface area contributed by atoms with Crippen molar-refractivity contribution in [1.82, 2.24) is 14.5 Å². The maximum Gasteiger partial charge on any atom is 0.261 e. The fraction of sp³-hybridized carbons (Fsp3) is 0.333. The number of nitrogens with zero attached hydrogens (tertiary/aromatic N) is 3. The number of carbonyl (C=O) groups excluding carboxylic acids is 1. The van der Waals surface area contributed by atoms with Crippen molar-refractivity contribution in [3.05, 3.63) is 39.4 Å². The smallest absolute Gasteiger partial charge is 0.261 e. The number of ether oxygens (including phenoxy) is 2. The summed E-state index contributed by atoms with van der Waals surface area (Å²) >= 11 is 1.43. The standard InChI is InChI=1S/C18H20N4O4S/c1-10-11(2)27-18(20-10)21-16(23)5-6-22-9-19-13-8-15(26-4)14(25-3)7-12(13)17(22)24/h7-9H,5-6H2,1-4H3,(H,20,21,23). The normalized spacial score (nSPS) is 10.8. The van der Waals surface area contributed by atoms with E-state index >= 15 is 0 Å². The Morgan fingerprint density at radius 2 is 1.93 bits per heavy atom. The van der Waals surface area contributed by atoms with Gasteiger partial charge in [-0.05, 0) is 19.9 Å². The molecule has 0 spiro atoms. The zero-order valence-electron chi connectivity index (χ0n) is 15.5. The van der Waals surface area contributed by atoms with Crippen LogP contribution in [-0.2, 0) is 11.3 Å². The highest BCUT2D eigenvalue weighted by atomic mass is 32.1. The fourth-order valence-electron chi connectivity index (χ4n) is 2.57. The van der Waals surface area contributed by atoms with Crippen LogP contribution in [-0.4, -0.2) is 34.7 Å². The molecule has 0 radical (unpaired) electrons. The van der Waals surface area contributed by atoms with Crippen molar-refractivity contribution in [3.8, 4) is 11.5 Å². The summed E-state index contributed by atoms with van der Waals surface area (Å²) < 4.78 is 11.9. The number of benzene rings is 1. The molecule has 0 fully saturated rings. The van der Waals surface area contributed by atoms with Gasteiger partial charge < -0.3 is 14.8 Å². The molecule has 0 atom stereocenters. The SMILES string of the molecule is COc1cc2ncn(CCC(=O)Nc3nc(C)c(C)s3)c(=O)c2cc1OC. The Kier molecular flexibility index (Phi) is 5.41. The first-order chi connectivity index (χ1) is 12.9. The van der Waals surface area contributed by atoms with E-state index in [4.69, 9.17) is 9.47 Å². The number of anilines is 1. The molecule has 0 unspecified atom stereocenters. The second-order valence-corrected chi connectivity index (χ2v) is 7.13. The molecule has 142 valence electrons. The number of rotatable bonds is 6. The zero-order valence-corrected chi connectivity index (χ0v) is 16.3. The Labute approximate surface area is 159 Å². The Bertz CT molecular complexity index is 1040. The molecular weight excluding hydrogens is 368 g/mol. The number of methoxy groups -OCH3 is 2. The number of thiazole rings is 1. The van der Waals surface area contributed by atoms with Crippen LogP contribution >= 0.6 is 11.3 Å². The van der Waals surface area contributed by atoms with Crippen molar-refractivity contribution in [2.45, 2.75) is 26.8 Å². The van der Waals surface area contributed by atoms with Gasteiger partial charge in [0.2, 0.25) is 5.91 Å². The van der Waals surface area contributed by atoms with Gasteiger partial charge in [0, 0.05) is 23.9 Å². The molecule has 3 rings (SSSR count). The molecule has 0 saturated heterocycles. The van der Waals surface area contributed by atoms with Crippen LogP contribution in [0.25, 0.3) is 10.9 Å². The molecular formula is C18H20N4O4S. The van der Waals surface area contributed by atoms with Crippen LogP contribution in [0.15, 0.2) is 23.3 Å². The summed E-state index contributed by atoms with van der Waals surface area (Å²) in [6, 6.07) is 3.25. The Balaban J connectivity index is 1.77. The van der Waals surface area contributed by atoms with Crippen molar-refractivity contribution in [1.29, 1.82) is 0 Å². The minimum absolute atomic E-state index is 0.137. The zero-order chi connectivity index (χ0) is 19.6. The van der Waals surface area contributed by atoms with Crippen molar-refractivity contribution < 1.29 is 14.3 Å². The van der Waals surface area contributed by atoms with E-state index in [0.29, 0.717) is 27.5 Å². The third-order valence-corrected chi connectivity index (χ3v) is 5.17. The molecule has 27 heavy (non-hydrogen) atoms. The molecule has 8 nitrogen and oxygen atoms in total. The number of fused-ring (bicyclic) bond motifs is 1. The third kappa shape index (κ3) is 3.92. The van der Waals surface area contributed by atoms with Gasteiger partial charge >= 0.3 is 0 Å². The average molecular weight is 388 g/mol. The molecule has 9 heteroatoms. The summed E-state index contributed by atoms with van der Waals surface area (Å²) in [6.45, 7) is 4.06. The van der Waals surface area contributed by atoms with Gasteiger partial charge in [-0.2, -0.15) is 0 Å². The van der Waals surface area contributed by atoms with Crippen LogP contribution in [0.4, 0.5) is 5.13 Å². The predicted octanol–water partition coefficient (Wildman–Crippen LogP) is 2.52. The summed E-state index contributed by atoms with van der Waals surface area (Å²) in [4.78, 5) is 34.5. The van der Waals surface area contributed by atoms with E-state index in [0.717, 1.165) is 10.6 Å². The molecule has 0 aliphatic carbocycles. The number of carbonyl (C=O) groups is 1. The van der Waals surface area contributed by atoms with Crippen molar-refractivity contribution in [2.24, 2.45) is 0 Å². The molecule has 1 aromatic carbocycles. The van der Waals surface area contributed by atoms with E-state index in [1.54, 1.807) is 12.1 Å². The lowest BCUT2D eigenvalue weighted by atomic mass is 10.2. The van der Waals surface area contributed by atoms with E-state index in [2.05, 4.69) is 15.3 Å². The first-order valence-electron chi connectivity index (χ1n) is 8.28. The number of hydrogen-bond acceptors (Lipinski definition) is 7. The predicted molar refractivity (Wildman–Crippen MR) is 104 cm³/mol. The monoisotopic (exact) mass is 388 g/mol. The second kappa shape index (κ2) is 7.75. The molecule has 0 saturated carbocycles. The topological polar surface area (TPSA) is 95.3 Å². The lowest BCUT2D eigenvalue weighted by Crippen LogP contribution is -2.23. The highest BCUT2D eigenvalue weighted by Gasteiger charge is 2.12. The van der Waals surface area contributed by atoms with E-state index in [-0.39, 0.29) is 24.4 Å². The maximum absolute atomic E-state index is 12.7. The van der Waals surface area contributed by atoms with Crippen LogP contribution in [0.3, 0.4) is 0 Å². The number of hydrogen-bond donors (Lipinski definition) is 1. The van der Waals surface area contributed by atoms with Gasteiger partial charge in [-0.1, -0.05) is 0 Å². The van der Waals surface area contributed by atoms with Gasteiger partial charge in [0.05, 0.1) is 37.1 Å². The van der Waals surface area contributed by atoms with E-state index in [1.165, 1.54) is 36.5 Å². The minimum Gasteiger partial charge on any atom is -0.493 e. The summed E-state index contributed by atoms with van der Waals surface area (Å²) in [5.41, 5.74) is 1.16. The molecule has 0 aliphatic rings. The van der Waals surface area contributed by atoms with Crippen molar-refractivity contribution in [3.63, 3.8) is 0 Å². The molecule has 1 amide bonds. The number of aromatic nitrogens is 3. The van der Waals surface area contributed by atoms with Crippen LogP contribution in [0.5, 0.6) is 11.5 Å². The van der Waals surface area contributed by atoms with E-state index < -0.39 is 0 Å². The maximum atomic E-state index is 12.7. The summed E-state index contributed by atoms with van der Waals surface area (Å²) in [5, 5.41) is 3.73. The quantitative estimate of drug-likeness (QED) is 0.697. The lowest BCUT2D eigenvalue weighted by molar-refractivity contribution is -0.116. The molecule has 3 aromatic rings. The van der Waals surface area contributed by atoms with Gasteiger partial charge in [-0.3, -0.25) is 14.2 Å². The molecule has 2 aromatic heterocycles. The fourth-order valence-corrected chi connectivity index (χ4v) is 3.41. The van der Waals surface area contributed by atoms with Crippen LogP contribution in [0.2, 0.25) is 0 Å². The van der Waals surface area contributed by atoms with Crippen LogP contribution in [0, 0.1) is 13.8 Å². The van der Waals surface area contributed by atoms with Crippen molar-refractivity contribution in [2.75, 3.05) is 19.5 Å². The van der Waals surface area contributed by atoms with E-state index in [1.807, 2.05) is 13.8 Å². The Morgan fingerprint density at radius 3 is 2.56 bits per heavy atom. The summed E-state index contributed by atoms with van der Waals surface area (Å²) in [7, 11) is 3.03. The molecule has 1 N–H and O–H groups in total. The first kappa shape index (κ1) is 18.8. The molecule has 0 bridgehead atoms. The average Bonchev–Trinajstić information content (AvgIpc) is 2.97. The van der Waals surface area contributed by atoms with E-state index in [9.17, 15) is 9.59 Å². The van der Waals surface area contributed by atoms with Gasteiger partial charge in [-0.25, -0.2) is 9.97 Å². The molecule has 0 aliphatic heterocycles. The Hall–Kier alpha value is -2.94. The van der Waals surface area contributed by atoms with Crippen LogP contribution in [0.1, 0.15) is 17.0 Å². The second-order valence-electron chi connectivity index (χ2n) is 5.93. The Morgan fingerprint density at radius 1 is 1.22 bits per heavy atom. The number of aryl methyl sites for hydroxylation is 3. The number of nitrogens with one attached hydrogen (secondary N) is 1. The minimum atomic E-state index is -0.241. The van der Waals surface area contributed by atoms with Gasteiger partial charge in [0.15, 0.2) is 16.6 Å². The highest BCUT2D eigenvalue weighted by molar-refractivity contribution is 7.15. The number of amides is 1. The van der Waals surface area contributed by atoms with Crippen LogP contribution < -0.4 is 20.3 Å². The first-order valence-corrected chi connectivity index (χ1v) is 9.09. The summed E-state index contributed by atoms with van der Waals surface area (Å²) in [6.07, 6.45) is 1.57. The van der Waals surface area contributed by atoms with Crippen molar-refractivity contribution >= 4 is 33.3 Å². The van der Waals surface area contributed by atoms with Gasteiger partial charge in [0.25, 0.3) is 5.56 Å². The van der Waals surface area contributed by atoms with Gasteiger partial charge in [0.1, 0.15) is 0 Å².